The average molecular weight is 188 g/mol. The van der Waals surface area contributed by atoms with Crippen LogP contribution in [-0.2, 0) is 4.79 Å². The molecule has 0 spiro atoms. The average Bonchev–Trinajstić information content (AvgIpc) is 2.26. The fourth-order valence-electron chi connectivity index (χ4n) is 1.19. The maximum absolute atomic E-state index is 10.2. The van der Waals surface area contributed by atoms with Gasteiger partial charge in [0.1, 0.15) is 6.29 Å². The van der Waals surface area contributed by atoms with Gasteiger partial charge >= 0.3 is 0 Å². The lowest BCUT2D eigenvalue weighted by atomic mass is 10.2. The van der Waals surface area contributed by atoms with Gasteiger partial charge in [-0.1, -0.05) is 6.07 Å². The molecule has 0 unspecified atom stereocenters. The van der Waals surface area contributed by atoms with E-state index in [9.17, 15) is 4.79 Å². The van der Waals surface area contributed by atoms with E-state index in [1.165, 1.54) is 0 Å². The van der Waals surface area contributed by atoms with Crippen LogP contribution in [0.4, 0.5) is 5.69 Å². The topological polar surface area (TPSA) is 44.1 Å². The first-order chi connectivity index (χ1) is 6.77. The molecule has 14 heavy (non-hydrogen) atoms. The Labute approximate surface area is 83.6 Å². The predicted octanol–water partition coefficient (Wildman–Crippen LogP) is 1.58. The number of nitrogens with zero attached hydrogens (tertiary/aromatic N) is 2. The lowest BCUT2D eigenvalue weighted by Gasteiger charge is -2.17. The van der Waals surface area contributed by atoms with Crippen LogP contribution in [0.25, 0.3) is 0 Å². The minimum Gasteiger partial charge on any atom is -0.374 e. The molecule has 0 heterocycles. The highest BCUT2D eigenvalue weighted by atomic mass is 16.1. The van der Waals surface area contributed by atoms with Crippen LogP contribution in [0, 0.1) is 11.3 Å². The second-order valence-electron chi connectivity index (χ2n) is 3.04. The Hall–Kier alpha value is -1.82. The van der Waals surface area contributed by atoms with E-state index in [4.69, 9.17) is 5.26 Å². The third-order valence-electron chi connectivity index (χ3n) is 2.00. The third kappa shape index (κ3) is 2.60. The zero-order valence-electron chi connectivity index (χ0n) is 8.10. The number of rotatable bonds is 4. The molecule has 1 rings (SSSR count). The number of hydrogen-bond acceptors (Lipinski definition) is 3. The Morgan fingerprint density at radius 1 is 1.57 bits per heavy atom. The van der Waals surface area contributed by atoms with Crippen molar-refractivity contribution >= 4 is 12.0 Å². The monoisotopic (exact) mass is 188 g/mol. The first-order valence-corrected chi connectivity index (χ1v) is 4.43. The molecule has 0 aromatic heterocycles. The van der Waals surface area contributed by atoms with Crippen LogP contribution in [0.15, 0.2) is 24.3 Å². The Morgan fingerprint density at radius 3 is 3.00 bits per heavy atom. The molecule has 3 heteroatoms. The summed E-state index contributed by atoms with van der Waals surface area (Å²) in [4.78, 5) is 12.1. The SMILES string of the molecule is CN(CCC=O)c1cccc(C#N)c1. The van der Waals surface area contributed by atoms with Crippen molar-refractivity contribution in [3.63, 3.8) is 0 Å². The molecule has 0 saturated heterocycles. The van der Waals surface area contributed by atoms with Crippen molar-refractivity contribution in [2.75, 3.05) is 18.5 Å². The highest BCUT2D eigenvalue weighted by molar-refractivity contribution is 5.54. The van der Waals surface area contributed by atoms with Crippen LogP contribution in [0.1, 0.15) is 12.0 Å². The fraction of sp³-hybridized carbons (Fsp3) is 0.273. The van der Waals surface area contributed by atoms with Crippen molar-refractivity contribution in [2.45, 2.75) is 6.42 Å². The molecule has 0 bridgehead atoms. The first kappa shape index (κ1) is 10.3. The number of hydrogen-bond donors (Lipinski definition) is 0. The van der Waals surface area contributed by atoms with Gasteiger partial charge in [0.25, 0.3) is 0 Å². The molecular weight excluding hydrogens is 176 g/mol. The first-order valence-electron chi connectivity index (χ1n) is 4.43. The summed E-state index contributed by atoms with van der Waals surface area (Å²) in [6, 6.07) is 9.41. The number of nitriles is 1. The van der Waals surface area contributed by atoms with Crippen molar-refractivity contribution in [3.05, 3.63) is 29.8 Å². The molecule has 0 aliphatic heterocycles. The zero-order valence-corrected chi connectivity index (χ0v) is 8.10. The van der Waals surface area contributed by atoms with Gasteiger partial charge in [-0.05, 0) is 18.2 Å². The van der Waals surface area contributed by atoms with E-state index in [-0.39, 0.29) is 0 Å². The van der Waals surface area contributed by atoms with Crippen LogP contribution in [-0.4, -0.2) is 19.9 Å². The Morgan fingerprint density at radius 2 is 2.36 bits per heavy atom. The summed E-state index contributed by atoms with van der Waals surface area (Å²) in [5.41, 5.74) is 1.60. The molecule has 0 N–H and O–H groups in total. The van der Waals surface area contributed by atoms with Crippen LogP contribution in [0.5, 0.6) is 0 Å². The summed E-state index contributed by atoms with van der Waals surface area (Å²) in [5, 5.41) is 8.70. The number of aldehydes is 1. The van der Waals surface area contributed by atoms with Crippen molar-refractivity contribution in [1.82, 2.24) is 0 Å². The van der Waals surface area contributed by atoms with E-state index in [0.29, 0.717) is 18.5 Å². The van der Waals surface area contributed by atoms with Crippen molar-refractivity contribution < 1.29 is 4.79 Å². The Kier molecular flexibility index (Phi) is 3.69. The Bertz CT molecular complexity index is 355. The van der Waals surface area contributed by atoms with E-state index in [1.807, 2.05) is 30.1 Å². The van der Waals surface area contributed by atoms with Gasteiger partial charge in [0, 0.05) is 25.7 Å². The van der Waals surface area contributed by atoms with Gasteiger partial charge in [-0.15, -0.1) is 0 Å². The van der Waals surface area contributed by atoms with Gasteiger partial charge in [0.2, 0.25) is 0 Å². The zero-order chi connectivity index (χ0) is 10.4. The summed E-state index contributed by atoms with van der Waals surface area (Å²) in [6.45, 7) is 0.679. The number of benzene rings is 1. The molecule has 1 aromatic rings. The molecule has 0 atom stereocenters. The number of carbonyl (C=O) groups is 1. The van der Waals surface area contributed by atoms with E-state index in [0.717, 1.165) is 12.0 Å². The van der Waals surface area contributed by atoms with Crippen LogP contribution < -0.4 is 4.90 Å². The number of carbonyl (C=O) groups excluding carboxylic acids is 1. The normalized spacial score (nSPS) is 9.14. The van der Waals surface area contributed by atoms with Crippen LogP contribution in [0.3, 0.4) is 0 Å². The van der Waals surface area contributed by atoms with Crippen LogP contribution >= 0.6 is 0 Å². The molecule has 3 nitrogen and oxygen atoms in total. The highest BCUT2D eigenvalue weighted by Gasteiger charge is 2.00. The summed E-state index contributed by atoms with van der Waals surface area (Å²) in [7, 11) is 1.90. The van der Waals surface area contributed by atoms with E-state index < -0.39 is 0 Å². The minimum absolute atomic E-state index is 0.507. The molecule has 0 saturated carbocycles. The van der Waals surface area contributed by atoms with E-state index in [1.54, 1.807) is 6.07 Å². The largest absolute Gasteiger partial charge is 0.374 e. The smallest absolute Gasteiger partial charge is 0.121 e. The maximum Gasteiger partial charge on any atom is 0.121 e. The molecule has 0 aliphatic rings. The lowest BCUT2D eigenvalue weighted by Crippen LogP contribution is -2.18. The van der Waals surface area contributed by atoms with Gasteiger partial charge in [-0.25, -0.2) is 0 Å². The summed E-state index contributed by atoms with van der Waals surface area (Å²) >= 11 is 0. The van der Waals surface area contributed by atoms with Crippen LogP contribution in [0.2, 0.25) is 0 Å². The maximum atomic E-state index is 10.2. The van der Waals surface area contributed by atoms with Crippen molar-refractivity contribution in [3.8, 4) is 6.07 Å². The molecule has 0 aliphatic carbocycles. The van der Waals surface area contributed by atoms with Crippen molar-refractivity contribution in [2.24, 2.45) is 0 Å². The molecule has 0 radical (unpaired) electrons. The second kappa shape index (κ2) is 5.03. The lowest BCUT2D eigenvalue weighted by molar-refractivity contribution is -0.107. The van der Waals surface area contributed by atoms with Gasteiger partial charge in [-0.3, -0.25) is 0 Å². The van der Waals surface area contributed by atoms with E-state index in [2.05, 4.69) is 6.07 Å². The molecule has 0 amide bonds. The summed E-state index contributed by atoms with van der Waals surface area (Å²) < 4.78 is 0. The summed E-state index contributed by atoms with van der Waals surface area (Å²) in [5.74, 6) is 0. The number of anilines is 1. The quantitative estimate of drug-likeness (QED) is 0.674. The molecule has 0 fully saturated rings. The van der Waals surface area contributed by atoms with Crippen molar-refractivity contribution in [1.29, 1.82) is 5.26 Å². The fourth-order valence-corrected chi connectivity index (χ4v) is 1.19. The predicted molar refractivity (Wildman–Crippen MR) is 55.1 cm³/mol. The standard InChI is InChI=1S/C11H12N2O/c1-13(6-3-7-14)11-5-2-4-10(8-11)9-12/h2,4-5,7-8H,3,6H2,1H3. The van der Waals surface area contributed by atoms with Gasteiger partial charge in [0.05, 0.1) is 11.6 Å². The summed E-state index contributed by atoms with van der Waals surface area (Å²) in [6.07, 6.45) is 1.40. The van der Waals surface area contributed by atoms with E-state index >= 15 is 0 Å². The molecular formula is C11H12N2O. The molecule has 72 valence electrons. The van der Waals surface area contributed by atoms with Gasteiger partial charge < -0.3 is 9.69 Å². The molecule has 1 aromatic carbocycles. The van der Waals surface area contributed by atoms with Gasteiger partial charge in [-0.2, -0.15) is 5.26 Å². The Balaban J connectivity index is 2.74. The minimum atomic E-state index is 0.507. The van der Waals surface area contributed by atoms with Gasteiger partial charge in [0.15, 0.2) is 0 Å². The third-order valence-corrected chi connectivity index (χ3v) is 2.00. The second-order valence-corrected chi connectivity index (χ2v) is 3.04. The highest BCUT2D eigenvalue weighted by Crippen LogP contribution is 2.13.